The van der Waals surface area contributed by atoms with Crippen molar-refractivity contribution in [2.24, 2.45) is 5.41 Å². The summed E-state index contributed by atoms with van der Waals surface area (Å²) in [6.45, 7) is 5.49. The number of aromatic nitrogens is 3. The minimum Gasteiger partial charge on any atom is -0.465 e. The molecule has 3 aromatic rings. The van der Waals surface area contributed by atoms with Gasteiger partial charge in [0.05, 0.1) is 22.2 Å². The van der Waals surface area contributed by atoms with Gasteiger partial charge in [-0.3, -0.25) is 0 Å². The van der Waals surface area contributed by atoms with E-state index in [1.165, 1.54) is 48.7 Å². The predicted molar refractivity (Wildman–Crippen MR) is 116 cm³/mol. The maximum Gasteiger partial charge on any atom is 0.404 e. The summed E-state index contributed by atoms with van der Waals surface area (Å²) in [7, 11) is -4.22. The van der Waals surface area contributed by atoms with Gasteiger partial charge in [-0.2, -0.15) is 14.8 Å². The van der Waals surface area contributed by atoms with Crippen LogP contribution in [-0.2, 0) is 16.3 Å². The lowest BCUT2D eigenvalue weighted by molar-refractivity contribution is 0.174. The molecule has 0 bridgehead atoms. The van der Waals surface area contributed by atoms with E-state index in [1.807, 2.05) is 26.8 Å². The minimum atomic E-state index is -4.22. The summed E-state index contributed by atoms with van der Waals surface area (Å²) in [4.78, 5) is 14.7. The quantitative estimate of drug-likeness (QED) is 0.526. The van der Waals surface area contributed by atoms with Crippen LogP contribution >= 0.6 is 0 Å². The molecule has 0 aliphatic rings. The summed E-state index contributed by atoms with van der Waals surface area (Å²) in [6.07, 6.45) is 0.0555. The van der Waals surface area contributed by atoms with Crippen molar-refractivity contribution in [1.82, 2.24) is 20.1 Å². The Morgan fingerprint density at radius 3 is 2.61 bits per heavy atom. The van der Waals surface area contributed by atoms with Crippen LogP contribution in [0, 0.1) is 22.7 Å². The maximum atomic E-state index is 14.5. The highest BCUT2D eigenvalue weighted by atomic mass is 32.2. The zero-order valence-corrected chi connectivity index (χ0v) is 19.0. The molecule has 0 aliphatic heterocycles. The van der Waals surface area contributed by atoms with Crippen LogP contribution in [0.1, 0.15) is 32.0 Å². The minimum absolute atomic E-state index is 0.0609. The average molecular weight is 472 g/mol. The number of nitrogens with one attached hydrogen (secondary N) is 1. The molecule has 0 spiro atoms. The standard InChI is InChI=1S/C22H22FN5O4S/c1-22(2,3)18(26-21(29)30)11-15-12-19(28(27-15)17-8-5-9-25-20(17)23)33(31,32)16-7-4-6-14(10-16)13-24/h4-10,12,18,26H,11H2,1-3H3,(H,29,30). The van der Waals surface area contributed by atoms with Gasteiger partial charge in [0, 0.05) is 18.7 Å². The van der Waals surface area contributed by atoms with Gasteiger partial charge in [-0.1, -0.05) is 26.8 Å². The number of pyridine rings is 1. The van der Waals surface area contributed by atoms with Gasteiger partial charge in [-0.15, -0.1) is 0 Å². The summed E-state index contributed by atoms with van der Waals surface area (Å²) in [5.74, 6) is -0.926. The Morgan fingerprint density at radius 1 is 1.27 bits per heavy atom. The first-order valence-corrected chi connectivity index (χ1v) is 11.4. The Balaban J connectivity index is 2.18. The van der Waals surface area contributed by atoms with Gasteiger partial charge in [-0.25, -0.2) is 22.9 Å². The molecular weight excluding hydrogens is 449 g/mol. The van der Waals surface area contributed by atoms with Crippen molar-refractivity contribution in [2.75, 3.05) is 0 Å². The molecule has 1 unspecified atom stereocenters. The number of rotatable bonds is 6. The molecule has 0 saturated carbocycles. The third kappa shape index (κ3) is 5.18. The van der Waals surface area contributed by atoms with Gasteiger partial charge in [0.15, 0.2) is 5.03 Å². The lowest BCUT2D eigenvalue weighted by atomic mass is 9.84. The van der Waals surface area contributed by atoms with Gasteiger partial charge in [0.1, 0.15) is 5.69 Å². The number of benzene rings is 1. The van der Waals surface area contributed by atoms with E-state index >= 15 is 0 Å². The molecule has 9 nitrogen and oxygen atoms in total. The Labute approximate surface area is 190 Å². The fraction of sp³-hybridized carbons (Fsp3) is 0.273. The van der Waals surface area contributed by atoms with E-state index in [0.717, 1.165) is 4.68 Å². The molecule has 33 heavy (non-hydrogen) atoms. The Bertz CT molecular complexity index is 1340. The normalized spacial score (nSPS) is 12.7. The number of halogens is 1. The second kappa shape index (κ2) is 8.99. The van der Waals surface area contributed by atoms with Crippen molar-refractivity contribution in [3.8, 4) is 11.8 Å². The highest BCUT2D eigenvalue weighted by Crippen LogP contribution is 2.28. The Kier molecular flexibility index (Phi) is 6.51. The van der Waals surface area contributed by atoms with E-state index in [1.54, 1.807) is 0 Å². The third-order valence-corrected chi connectivity index (χ3v) is 6.72. The van der Waals surface area contributed by atoms with E-state index in [0.29, 0.717) is 0 Å². The summed E-state index contributed by atoms with van der Waals surface area (Å²) in [6, 6.07) is 10.8. The molecule has 1 amide bonds. The van der Waals surface area contributed by atoms with Gasteiger partial charge in [0.2, 0.25) is 15.8 Å². The second-order valence-electron chi connectivity index (χ2n) is 8.41. The SMILES string of the molecule is CC(C)(C)C(Cc1cc(S(=O)(=O)c2cccc(C#N)c2)n(-c2cccnc2F)n1)NC(=O)O. The molecule has 2 aromatic heterocycles. The van der Waals surface area contributed by atoms with Crippen molar-refractivity contribution in [3.63, 3.8) is 0 Å². The lowest BCUT2D eigenvalue weighted by Crippen LogP contribution is -2.44. The second-order valence-corrected chi connectivity index (χ2v) is 10.3. The summed E-state index contributed by atoms with van der Waals surface area (Å²) >= 11 is 0. The van der Waals surface area contributed by atoms with Crippen molar-refractivity contribution in [2.45, 2.75) is 43.2 Å². The molecule has 2 heterocycles. The molecule has 0 radical (unpaired) electrons. The monoisotopic (exact) mass is 471 g/mol. The number of hydrogen-bond donors (Lipinski definition) is 2. The van der Waals surface area contributed by atoms with Crippen molar-refractivity contribution in [3.05, 3.63) is 65.9 Å². The number of amides is 1. The van der Waals surface area contributed by atoms with Crippen LogP contribution in [0.3, 0.4) is 0 Å². The van der Waals surface area contributed by atoms with Crippen molar-refractivity contribution in [1.29, 1.82) is 5.26 Å². The van der Waals surface area contributed by atoms with E-state index < -0.39 is 33.3 Å². The Hall–Kier alpha value is -3.78. The summed E-state index contributed by atoms with van der Waals surface area (Å²) in [5, 5.41) is 24.7. The first-order chi connectivity index (χ1) is 15.4. The highest BCUT2D eigenvalue weighted by Gasteiger charge is 2.31. The van der Waals surface area contributed by atoms with E-state index in [-0.39, 0.29) is 33.3 Å². The van der Waals surface area contributed by atoms with E-state index in [9.17, 15) is 22.7 Å². The molecule has 1 atom stereocenters. The van der Waals surface area contributed by atoms with Crippen LogP contribution in [0.2, 0.25) is 0 Å². The smallest absolute Gasteiger partial charge is 0.404 e. The third-order valence-electron chi connectivity index (χ3n) is 5.00. The molecule has 0 fully saturated rings. The number of nitrogens with zero attached hydrogens (tertiary/aromatic N) is 4. The first kappa shape index (κ1) is 23.9. The molecule has 11 heteroatoms. The van der Waals surface area contributed by atoms with Gasteiger partial charge >= 0.3 is 6.09 Å². The van der Waals surface area contributed by atoms with Gasteiger partial charge in [0.25, 0.3) is 0 Å². The van der Waals surface area contributed by atoms with E-state index in [4.69, 9.17) is 5.26 Å². The van der Waals surface area contributed by atoms with Gasteiger partial charge < -0.3 is 10.4 Å². The van der Waals surface area contributed by atoms with Crippen molar-refractivity contribution < 1.29 is 22.7 Å². The highest BCUT2D eigenvalue weighted by molar-refractivity contribution is 7.91. The molecule has 172 valence electrons. The topological polar surface area (TPSA) is 138 Å². The molecule has 1 aromatic carbocycles. The number of sulfone groups is 1. The molecule has 2 N–H and O–H groups in total. The molecule has 3 rings (SSSR count). The molecular formula is C22H22FN5O4S. The summed E-state index contributed by atoms with van der Waals surface area (Å²) in [5.41, 5.74) is -0.311. The summed E-state index contributed by atoms with van der Waals surface area (Å²) < 4.78 is 42.4. The molecule has 0 saturated heterocycles. The fourth-order valence-corrected chi connectivity index (χ4v) is 4.63. The number of hydrogen-bond acceptors (Lipinski definition) is 6. The van der Waals surface area contributed by atoms with Crippen molar-refractivity contribution >= 4 is 15.9 Å². The molecule has 0 aliphatic carbocycles. The zero-order chi connectivity index (χ0) is 24.4. The van der Waals surface area contributed by atoms with Crippen LogP contribution in [0.15, 0.2) is 58.6 Å². The first-order valence-electron chi connectivity index (χ1n) is 9.88. The van der Waals surface area contributed by atoms with Crippen LogP contribution in [0.5, 0.6) is 0 Å². The van der Waals surface area contributed by atoms with Crippen LogP contribution in [0.25, 0.3) is 5.69 Å². The predicted octanol–water partition coefficient (Wildman–Crippen LogP) is 3.34. The average Bonchev–Trinajstić information content (AvgIpc) is 3.17. The fourth-order valence-electron chi connectivity index (χ4n) is 3.20. The number of carbonyl (C=O) groups is 1. The maximum absolute atomic E-state index is 14.5. The number of nitriles is 1. The lowest BCUT2D eigenvalue weighted by Gasteiger charge is -2.29. The number of carboxylic acid groups (broad SMARTS) is 1. The van der Waals surface area contributed by atoms with Crippen LogP contribution < -0.4 is 5.32 Å². The largest absolute Gasteiger partial charge is 0.465 e. The van der Waals surface area contributed by atoms with Gasteiger partial charge in [-0.05, 0) is 41.8 Å². The van der Waals surface area contributed by atoms with Crippen LogP contribution in [0.4, 0.5) is 9.18 Å². The zero-order valence-electron chi connectivity index (χ0n) is 18.2. The van der Waals surface area contributed by atoms with E-state index in [2.05, 4.69) is 15.4 Å². The Morgan fingerprint density at radius 2 is 2.00 bits per heavy atom. The van der Waals surface area contributed by atoms with Crippen LogP contribution in [-0.4, -0.2) is 40.4 Å².